The van der Waals surface area contributed by atoms with Crippen LogP contribution in [0, 0.1) is 0 Å². The van der Waals surface area contributed by atoms with Crippen molar-refractivity contribution in [3.63, 3.8) is 0 Å². The maximum absolute atomic E-state index is 5.79. The molecule has 3 nitrogen and oxygen atoms in total. The molecule has 0 aliphatic heterocycles. The number of hydrazine groups is 1. The standard InChI is InChI=1S/C16H19N3/c17-19-16(11-12-7-9-18-10-8-12)15-6-5-13-3-1-2-4-14(13)15/h1-4,7-10,15-16,19H,5-6,11,17H2. The van der Waals surface area contributed by atoms with Gasteiger partial charge in [0.15, 0.2) is 0 Å². The Kier molecular flexibility index (Phi) is 3.58. The van der Waals surface area contributed by atoms with Crippen molar-refractivity contribution in [2.75, 3.05) is 0 Å². The maximum atomic E-state index is 5.79. The van der Waals surface area contributed by atoms with E-state index in [0.717, 1.165) is 12.8 Å². The number of rotatable bonds is 4. The summed E-state index contributed by atoms with van der Waals surface area (Å²) in [6.45, 7) is 0. The average Bonchev–Trinajstić information content (AvgIpc) is 2.90. The Labute approximate surface area is 113 Å². The van der Waals surface area contributed by atoms with E-state index in [2.05, 4.69) is 46.8 Å². The van der Waals surface area contributed by atoms with Gasteiger partial charge in [-0.25, -0.2) is 0 Å². The molecule has 0 saturated carbocycles. The topological polar surface area (TPSA) is 50.9 Å². The zero-order valence-corrected chi connectivity index (χ0v) is 10.9. The summed E-state index contributed by atoms with van der Waals surface area (Å²) >= 11 is 0. The van der Waals surface area contributed by atoms with Crippen LogP contribution in [-0.2, 0) is 12.8 Å². The largest absolute Gasteiger partial charge is 0.271 e. The lowest BCUT2D eigenvalue weighted by Crippen LogP contribution is -2.40. The molecule has 0 amide bonds. The lowest BCUT2D eigenvalue weighted by Gasteiger charge is -2.23. The number of pyridine rings is 1. The Morgan fingerprint density at radius 1 is 1.21 bits per heavy atom. The fourth-order valence-corrected chi connectivity index (χ4v) is 3.10. The van der Waals surface area contributed by atoms with Gasteiger partial charge in [0, 0.05) is 24.4 Å². The summed E-state index contributed by atoms with van der Waals surface area (Å²) in [6.07, 6.45) is 6.96. The van der Waals surface area contributed by atoms with Crippen molar-refractivity contribution in [2.24, 2.45) is 5.84 Å². The highest BCUT2D eigenvalue weighted by molar-refractivity contribution is 5.36. The highest BCUT2D eigenvalue weighted by Gasteiger charge is 2.28. The molecule has 0 spiro atoms. The quantitative estimate of drug-likeness (QED) is 0.648. The van der Waals surface area contributed by atoms with E-state index in [1.54, 1.807) is 0 Å². The normalized spacial score (nSPS) is 19.1. The molecule has 3 heteroatoms. The van der Waals surface area contributed by atoms with Gasteiger partial charge in [-0.1, -0.05) is 24.3 Å². The second-order valence-electron chi connectivity index (χ2n) is 5.18. The Balaban J connectivity index is 1.81. The summed E-state index contributed by atoms with van der Waals surface area (Å²) in [6, 6.07) is 13.1. The number of nitrogens with zero attached hydrogens (tertiary/aromatic N) is 1. The minimum atomic E-state index is 0.283. The summed E-state index contributed by atoms with van der Waals surface area (Å²) in [5.41, 5.74) is 7.23. The summed E-state index contributed by atoms with van der Waals surface area (Å²) in [4.78, 5) is 4.06. The van der Waals surface area contributed by atoms with Crippen LogP contribution in [0.5, 0.6) is 0 Å². The summed E-state index contributed by atoms with van der Waals surface area (Å²) in [5.74, 6) is 6.30. The molecule has 19 heavy (non-hydrogen) atoms. The summed E-state index contributed by atoms with van der Waals surface area (Å²) in [5, 5.41) is 0. The third-order valence-corrected chi connectivity index (χ3v) is 4.08. The van der Waals surface area contributed by atoms with Gasteiger partial charge in [-0.05, 0) is 48.1 Å². The average molecular weight is 253 g/mol. The molecule has 3 rings (SSSR count). The number of hydrogen-bond donors (Lipinski definition) is 2. The molecule has 1 aromatic carbocycles. The molecule has 2 aromatic rings. The first kappa shape index (κ1) is 12.3. The van der Waals surface area contributed by atoms with E-state index in [9.17, 15) is 0 Å². The molecule has 0 bridgehead atoms. The Morgan fingerprint density at radius 2 is 2.00 bits per heavy atom. The van der Waals surface area contributed by atoms with E-state index in [-0.39, 0.29) is 6.04 Å². The van der Waals surface area contributed by atoms with Gasteiger partial charge < -0.3 is 0 Å². The molecule has 1 aliphatic carbocycles. The number of hydrogen-bond acceptors (Lipinski definition) is 3. The zero-order chi connectivity index (χ0) is 13.1. The van der Waals surface area contributed by atoms with Crippen LogP contribution in [0.1, 0.15) is 29.0 Å². The van der Waals surface area contributed by atoms with Crippen LogP contribution < -0.4 is 11.3 Å². The van der Waals surface area contributed by atoms with Crippen molar-refractivity contribution in [3.05, 3.63) is 65.5 Å². The second-order valence-corrected chi connectivity index (χ2v) is 5.18. The van der Waals surface area contributed by atoms with Crippen LogP contribution in [0.15, 0.2) is 48.8 Å². The molecule has 0 radical (unpaired) electrons. The number of aromatic nitrogens is 1. The second kappa shape index (κ2) is 5.51. The molecule has 2 unspecified atom stereocenters. The van der Waals surface area contributed by atoms with Gasteiger partial charge >= 0.3 is 0 Å². The summed E-state index contributed by atoms with van der Waals surface area (Å²) in [7, 11) is 0. The maximum Gasteiger partial charge on any atom is 0.0319 e. The first-order chi connectivity index (χ1) is 9.38. The number of fused-ring (bicyclic) bond motifs is 1. The monoisotopic (exact) mass is 253 g/mol. The zero-order valence-electron chi connectivity index (χ0n) is 10.9. The van der Waals surface area contributed by atoms with Crippen LogP contribution in [0.4, 0.5) is 0 Å². The number of aryl methyl sites for hydroxylation is 1. The van der Waals surface area contributed by atoms with Crippen LogP contribution in [0.25, 0.3) is 0 Å². The Hall–Kier alpha value is -1.71. The van der Waals surface area contributed by atoms with E-state index in [4.69, 9.17) is 5.84 Å². The van der Waals surface area contributed by atoms with Crippen molar-refractivity contribution in [1.29, 1.82) is 0 Å². The van der Waals surface area contributed by atoms with Gasteiger partial charge in [0.25, 0.3) is 0 Å². The Morgan fingerprint density at radius 3 is 2.79 bits per heavy atom. The highest BCUT2D eigenvalue weighted by atomic mass is 15.2. The molecule has 0 saturated heterocycles. The van der Waals surface area contributed by atoms with Crippen LogP contribution >= 0.6 is 0 Å². The smallest absolute Gasteiger partial charge is 0.0319 e. The predicted octanol–water partition coefficient (Wildman–Crippen LogP) is 2.19. The van der Waals surface area contributed by atoms with Crippen molar-refractivity contribution >= 4 is 0 Å². The van der Waals surface area contributed by atoms with Crippen molar-refractivity contribution in [3.8, 4) is 0 Å². The van der Waals surface area contributed by atoms with Crippen molar-refractivity contribution in [1.82, 2.24) is 10.4 Å². The van der Waals surface area contributed by atoms with Gasteiger partial charge in [-0.3, -0.25) is 16.3 Å². The van der Waals surface area contributed by atoms with Crippen LogP contribution in [-0.4, -0.2) is 11.0 Å². The predicted molar refractivity (Wildman–Crippen MR) is 76.6 cm³/mol. The van der Waals surface area contributed by atoms with E-state index in [0.29, 0.717) is 5.92 Å². The molecular formula is C16H19N3. The minimum absolute atomic E-state index is 0.283. The number of nitrogens with two attached hydrogens (primary N) is 1. The number of nitrogens with one attached hydrogen (secondary N) is 1. The first-order valence-electron chi connectivity index (χ1n) is 6.81. The molecule has 1 heterocycles. The SMILES string of the molecule is NNC(Cc1ccncc1)C1CCc2ccccc21. The lowest BCUT2D eigenvalue weighted by atomic mass is 9.89. The Bertz CT molecular complexity index is 539. The highest BCUT2D eigenvalue weighted by Crippen LogP contribution is 2.36. The number of benzene rings is 1. The molecule has 3 N–H and O–H groups in total. The molecular weight excluding hydrogens is 234 g/mol. The molecule has 1 aliphatic rings. The molecule has 2 atom stereocenters. The van der Waals surface area contributed by atoms with Crippen molar-refractivity contribution < 1.29 is 0 Å². The minimum Gasteiger partial charge on any atom is -0.271 e. The van der Waals surface area contributed by atoms with E-state index in [1.807, 2.05) is 12.4 Å². The van der Waals surface area contributed by atoms with Gasteiger partial charge in [0.2, 0.25) is 0 Å². The van der Waals surface area contributed by atoms with E-state index >= 15 is 0 Å². The van der Waals surface area contributed by atoms with Crippen LogP contribution in [0.3, 0.4) is 0 Å². The fraction of sp³-hybridized carbons (Fsp3) is 0.312. The fourth-order valence-electron chi connectivity index (χ4n) is 3.10. The molecule has 0 fully saturated rings. The van der Waals surface area contributed by atoms with E-state index < -0.39 is 0 Å². The lowest BCUT2D eigenvalue weighted by molar-refractivity contribution is 0.434. The molecule has 1 aromatic heterocycles. The van der Waals surface area contributed by atoms with Crippen LogP contribution in [0.2, 0.25) is 0 Å². The third kappa shape index (κ3) is 2.53. The molecule has 98 valence electrons. The summed E-state index contributed by atoms with van der Waals surface area (Å²) < 4.78 is 0. The van der Waals surface area contributed by atoms with Crippen molar-refractivity contribution in [2.45, 2.75) is 31.2 Å². The third-order valence-electron chi connectivity index (χ3n) is 4.08. The van der Waals surface area contributed by atoms with Gasteiger partial charge in [-0.2, -0.15) is 0 Å². The van der Waals surface area contributed by atoms with Gasteiger partial charge in [0.05, 0.1) is 0 Å². The van der Waals surface area contributed by atoms with Gasteiger partial charge in [-0.15, -0.1) is 0 Å². The van der Waals surface area contributed by atoms with E-state index in [1.165, 1.54) is 23.1 Å². The van der Waals surface area contributed by atoms with Gasteiger partial charge in [0.1, 0.15) is 0 Å². The first-order valence-corrected chi connectivity index (χ1v) is 6.81.